The van der Waals surface area contributed by atoms with E-state index in [-0.39, 0.29) is 12.2 Å². The van der Waals surface area contributed by atoms with E-state index in [4.69, 9.17) is 4.74 Å². The summed E-state index contributed by atoms with van der Waals surface area (Å²) in [6.07, 6.45) is 5.35. The predicted molar refractivity (Wildman–Crippen MR) is 53.7 cm³/mol. The molecule has 78 valence electrons. The molecule has 2 atom stereocenters. The summed E-state index contributed by atoms with van der Waals surface area (Å²) >= 11 is 0. The molecule has 0 aliphatic heterocycles. The summed E-state index contributed by atoms with van der Waals surface area (Å²) in [5, 5.41) is 10.3. The Kier molecular flexibility index (Phi) is 3.74. The molecule has 0 aromatic carbocycles. The number of hydrogen-bond acceptors (Lipinski definition) is 2. The second-order valence-corrected chi connectivity index (χ2v) is 4.38. The molecule has 0 spiro atoms. The largest absolute Gasteiger partial charge is 0.387 e. The molecule has 2 nitrogen and oxygen atoms in total. The maximum Gasteiger partial charge on any atom is 0.0905 e. The molecule has 0 aromatic rings. The Morgan fingerprint density at radius 2 is 2.15 bits per heavy atom. The number of rotatable bonds is 3. The Morgan fingerprint density at radius 1 is 1.46 bits per heavy atom. The molecule has 13 heavy (non-hydrogen) atoms. The van der Waals surface area contributed by atoms with Crippen molar-refractivity contribution in [3.05, 3.63) is 0 Å². The minimum absolute atomic E-state index is 0.0613. The van der Waals surface area contributed by atoms with Gasteiger partial charge in [0.15, 0.2) is 0 Å². The van der Waals surface area contributed by atoms with Crippen molar-refractivity contribution in [1.29, 1.82) is 0 Å². The molecule has 2 unspecified atom stereocenters. The average Bonchev–Trinajstić information content (AvgIpc) is 2.09. The molecular formula is C11H22O2. The van der Waals surface area contributed by atoms with Gasteiger partial charge in [-0.3, -0.25) is 0 Å². The first kappa shape index (κ1) is 11.0. The first-order chi connectivity index (χ1) is 6.08. The van der Waals surface area contributed by atoms with Crippen molar-refractivity contribution in [2.45, 2.75) is 70.7 Å². The smallest absolute Gasteiger partial charge is 0.0905 e. The molecule has 0 saturated heterocycles. The van der Waals surface area contributed by atoms with E-state index < -0.39 is 5.60 Å². The van der Waals surface area contributed by atoms with E-state index in [0.717, 1.165) is 25.7 Å². The zero-order valence-corrected chi connectivity index (χ0v) is 9.05. The second kappa shape index (κ2) is 4.43. The molecule has 0 heterocycles. The molecule has 1 saturated carbocycles. The lowest BCUT2D eigenvalue weighted by Gasteiger charge is -2.40. The fourth-order valence-electron chi connectivity index (χ4n) is 2.12. The number of hydrogen-bond donors (Lipinski definition) is 1. The van der Waals surface area contributed by atoms with E-state index in [1.54, 1.807) is 0 Å². The zero-order chi connectivity index (χ0) is 9.90. The van der Waals surface area contributed by atoms with Crippen molar-refractivity contribution in [3.8, 4) is 0 Å². The number of aliphatic hydroxyl groups is 1. The summed E-state index contributed by atoms with van der Waals surface area (Å²) in [7, 11) is 0. The fourth-order valence-corrected chi connectivity index (χ4v) is 2.12. The van der Waals surface area contributed by atoms with Crippen LogP contribution in [0.1, 0.15) is 52.9 Å². The van der Waals surface area contributed by atoms with E-state index >= 15 is 0 Å². The van der Waals surface area contributed by atoms with Crippen molar-refractivity contribution >= 4 is 0 Å². The van der Waals surface area contributed by atoms with Crippen molar-refractivity contribution in [2.75, 3.05) is 0 Å². The van der Waals surface area contributed by atoms with E-state index in [0.29, 0.717) is 0 Å². The van der Waals surface area contributed by atoms with Gasteiger partial charge in [0.25, 0.3) is 0 Å². The predicted octanol–water partition coefficient (Wildman–Crippen LogP) is 2.50. The van der Waals surface area contributed by atoms with Crippen LogP contribution >= 0.6 is 0 Å². The lowest BCUT2D eigenvalue weighted by atomic mass is 9.80. The van der Waals surface area contributed by atoms with Gasteiger partial charge in [0.05, 0.1) is 17.8 Å². The van der Waals surface area contributed by atoms with Crippen molar-refractivity contribution in [1.82, 2.24) is 0 Å². The molecular weight excluding hydrogens is 164 g/mol. The van der Waals surface area contributed by atoms with Crippen LogP contribution < -0.4 is 0 Å². The highest BCUT2D eigenvalue weighted by Gasteiger charge is 2.38. The summed E-state index contributed by atoms with van der Waals surface area (Å²) in [4.78, 5) is 0. The summed E-state index contributed by atoms with van der Waals surface area (Å²) in [6.45, 7) is 6.11. The van der Waals surface area contributed by atoms with Gasteiger partial charge in [-0.05, 0) is 33.1 Å². The van der Waals surface area contributed by atoms with Crippen LogP contribution in [0.5, 0.6) is 0 Å². The van der Waals surface area contributed by atoms with E-state index in [1.807, 2.05) is 20.8 Å². The van der Waals surface area contributed by atoms with Gasteiger partial charge in [-0.25, -0.2) is 0 Å². The van der Waals surface area contributed by atoms with Crippen molar-refractivity contribution in [2.24, 2.45) is 0 Å². The van der Waals surface area contributed by atoms with Crippen LogP contribution in [0.15, 0.2) is 0 Å². The van der Waals surface area contributed by atoms with Crippen LogP contribution in [0.3, 0.4) is 0 Å². The van der Waals surface area contributed by atoms with E-state index in [2.05, 4.69) is 0 Å². The van der Waals surface area contributed by atoms with Gasteiger partial charge in [-0.1, -0.05) is 19.8 Å². The molecule has 1 rings (SSSR count). The first-order valence-electron chi connectivity index (χ1n) is 5.46. The van der Waals surface area contributed by atoms with Gasteiger partial charge in [-0.2, -0.15) is 0 Å². The monoisotopic (exact) mass is 186 g/mol. The van der Waals surface area contributed by atoms with Gasteiger partial charge in [0.2, 0.25) is 0 Å². The van der Waals surface area contributed by atoms with E-state index in [9.17, 15) is 5.11 Å². The summed E-state index contributed by atoms with van der Waals surface area (Å²) in [5.74, 6) is 0. The Bertz CT molecular complexity index is 156. The van der Waals surface area contributed by atoms with Gasteiger partial charge in [0.1, 0.15) is 0 Å². The number of ether oxygens (including phenoxy) is 1. The standard InChI is InChI=1S/C11H22O2/c1-4-11(12)8-6-5-7-10(11)13-9(2)3/h9-10,12H,4-8H2,1-3H3. The lowest BCUT2D eigenvalue weighted by Crippen LogP contribution is -2.46. The Balaban J connectivity index is 2.56. The minimum Gasteiger partial charge on any atom is -0.387 e. The highest BCUT2D eigenvalue weighted by molar-refractivity contribution is 4.90. The third-order valence-electron chi connectivity index (χ3n) is 2.97. The van der Waals surface area contributed by atoms with E-state index in [1.165, 1.54) is 6.42 Å². The maximum absolute atomic E-state index is 10.3. The van der Waals surface area contributed by atoms with Crippen LogP contribution in [-0.4, -0.2) is 22.9 Å². The SMILES string of the molecule is CCC1(O)CCCCC1OC(C)C. The normalized spacial score (nSPS) is 35.3. The second-order valence-electron chi connectivity index (χ2n) is 4.38. The van der Waals surface area contributed by atoms with Crippen LogP contribution in [0.4, 0.5) is 0 Å². The zero-order valence-electron chi connectivity index (χ0n) is 9.05. The Hall–Kier alpha value is -0.0800. The van der Waals surface area contributed by atoms with Crippen LogP contribution in [0, 0.1) is 0 Å². The Labute approximate surface area is 81.3 Å². The molecule has 1 N–H and O–H groups in total. The molecule has 0 radical (unpaired) electrons. The first-order valence-corrected chi connectivity index (χ1v) is 5.46. The van der Waals surface area contributed by atoms with Crippen LogP contribution in [0.25, 0.3) is 0 Å². The summed E-state index contributed by atoms with van der Waals surface area (Å²) in [6, 6.07) is 0. The van der Waals surface area contributed by atoms with Gasteiger partial charge >= 0.3 is 0 Å². The third-order valence-corrected chi connectivity index (χ3v) is 2.97. The molecule has 0 bridgehead atoms. The van der Waals surface area contributed by atoms with Gasteiger partial charge in [-0.15, -0.1) is 0 Å². The highest BCUT2D eigenvalue weighted by Crippen LogP contribution is 2.33. The molecule has 1 aliphatic carbocycles. The molecule has 0 aromatic heterocycles. The molecule has 1 aliphatic rings. The van der Waals surface area contributed by atoms with Crippen LogP contribution in [0.2, 0.25) is 0 Å². The lowest BCUT2D eigenvalue weighted by molar-refractivity contribution is -0.148. The average molecular weight is 186 g/mol. The third kappa shape index (κ3) is 2.68. The molecule has 1 fully saturated rings. The van der Waals surface area contributed by atoms with Gasteiger partial charge < -0.3 is 9.84 Å². The summed E-state index contributed by atoms with van der Waals surface area (Å²) in [5.41, 5.74) is -0.553. The topological polar surface area (TPSA) is 29.5 Å². The summed E-state index contributed by atoms with van der Waals surface area (Å²) < 4.78 is 5.75. The fraction of sp³-hybridized carbons (Fsp3) is 1.00. The molecule has 0 amide bonds. The quantitative estimate of drug-likeness (QED) is 0.733. The van der Waals surface area contributed by atoms with Gasteiger partial charge in [0, 0.05) is 0 Å². The maximum atomic E-state index is 10.3. The van der Waals surface area contributed by atoms with Crippen molar-refractivity contribution in [3.63, 3.8) is 0 Å². The highest BCUT2D eigenvalue weighted by atomic mass is 16.5. The van der Waals surface area contributed by atoms with Crippen LogP contribution in [-0.2, 0) is 4.74 Å². The Morgan fingerprint density at radius 3 is 2.69 bits per heavy atom. The molecule has 2 heteroatoms. The minimum atomic E-state index is -0.553. The van der Waals surface area contributed by atoms with Crippen molar-refractivity contribution < 1.29 is 9.84 Å².